The van der Waals surface area contributed by atoms with Gasteiger partial charge in [-0.3, -0.25) is 0 Å². The molecule has 1 aliphatic heterocycles. The van der Waals surface area contributed by atoms with Crippen molar-refractivity contribution in [3.8, 4) is 0 Å². The summed E-state index contributed by atoms with van der Waals surface area (Å²) in [5, 5.41) is 0. The van der Waals surface area contributed by atoms with Crippen molar-refractivity contribution < 1.29 is 0 Å². The summed E-state index contributed by atoms with van der Waals surface area (Å²) < 4.78 is 0. The molecule has 1 aromatic rings. The van der Waals surface area contributed by atoms with E-state index in [1.807, 2.05) is 6.92 Å². The van der Waals surface area contributed by atoms with E-state index in [2.05, 4.69) is 16.8 Å². The summed E-state index contributed by atoms with van der Waals surface area (Å²) in [5.74, 6) is 2.61. The third kappa shape index (κ3) is 3.58. The van der Waals surface area contributed by atoms with Crippen molar-refractivity contribution in [2.75, 3.05) is 23.7 Å². The van der Waals surface area contributed by atoms with Gasteiger partial charge in [0.05, 0.1) is 0 Å². The van der Waals surface area contributed by atoms with Crippen molar-refractivity contribution in [2.45, 2.75) is 58.8 Å². The lowest BCUT2D eigenvalue weighted by molar-refractivity contribution is 0.552. The quantitative estimate of drug-likeness (QED) is 0.909. The molecule has 19 heavy (non-hydrogen) atoms. The van der Waals surface area contributed by atoms with E-state index in [0.29, 0.717) is 5.82 Å². The fraction of sp³-hybridized carbons (Fsp3) is 0.733. The Morgan fingerprint density at radius 3 is 2.32 bits per heavy atom. The standard InChI is InChI=1S/C15H26N4/c1-3-9-13-17-14(16)12(2)15(18-13)19-10-7-5-4-6-8-11-19/h3-11H2,1-2H3,(H2,16,17,18). The summed E-state index contributed by atoms with van der Waals surface area (Å²) in [7, 11) is 0. The Labute approximate surface area is 116 Å². The monoisotopic (exact) mass is 262 g/mol. The number of nitrogens with two attached hydrogens (primary N) is 1. The smallest absolute Gasteiger partial charge is 0.137 e. The van der Waals surface area contributed by atoms with E-state index in [0.717, 1.165) is 43.1 Å². The summed E-state index contributed by atoms with van der Waals surface area (Å²) >= 11 is 0. The van der Waals surface area contributed by atoms with Gasteiger partial charge in [-0.2, -0.15) is 0 Å². The van der Waals surface area contributed by atoms with Crippen LogP contribution in [0.3, 0.4) is 0 Å². The van der Waals surface area contributed by atoms with Gasteiger partial charge in [0, 0.05) is 25.1 Å². The average molecular weight is 262 g/mol. The second kappa shape index (κ2) is 6.73. The first kappa shape index (κ1) is 14.1. The van der Waals surface area contributed by atoms with E-state index in [1.54, 1.807) is 0 Å². The molecule has 2 rings (SSSR count). The van der Waals surface area contributed by atoms with Crippen LogP contribution in [0.25, 0.3) is 0 Å². The van der Waals surface area contributed by atoms with Gasteiger partial charge in [-0.05, 0) is 26.2 Å². The molecule has 0 atom stereocenters. The van der Waals surface area contributed by atoms with E-state index in [4.69, 9.17) is 10.7 Å². The molecular weight excluding hydrogens is 236 g/mol. The molecule has 0 spiro atoms. The Balaban J connectivity index is 2.24. The minimum absolute atomic E-state index is 0.649. The van der Waals surface area contributed by atoms with Gasteiger partial charge in [0.25, 0.3) is 0 Å². The number of rotatable bonds is 3. The van der Waals surface area contributed by atoms with Crippen molar-refractivity contribution >= 4 is 11.6 Å². The van der Waals surface area contributed by atoms with Crippen LogP contribution in [0.15, 0.2) is 0 Å². The molecule has 0 radical (unpaired) electrons. The maximum absolute atomic E-state index is 6.05. The van der Waals surface area contributed by atoms with E-state index in [9.17, 15) is 0 Å². The topological polar surface area (TPSA) is 55.0 Å². The summed E-state index contributed by atoms with van der Waals surface area (Å²) in [6, 6.07) is 0. The first-order valence-electron chi connectivity index (χ1n) is 7.60. The van der Waals surface area contributed by atoms with Gasteiger partial charge in [-0.15, -0.1) is 0 Å². The van der Waals surface area contributed by atoms with Gasteiger partial charge in [0.1, 0.15) is 17.5 Å². The molecule has 0 bridgehead atoms. The van der Waals surface area contributed by atoms with Crippen LogP contribution in [0.1, 0.15) is 56.8 Å². The minimum Gasteiger partial charge on any atom is -0.383 e. The Bertz CT molecular complexity index is 409. The second-order valence-electron chi connectivity index (χ2n) is 5.48. The van der Waals surface area contributed by atoms with E-state index < -0.39 is 0 Å². The maximum Gasteiger partial charge on any atom is 0.137 e. The average Bonchev–Trinajstić information content (AvgIpc) is 2.34. The number of nitrogens with zero attached hydrogens (tertiary/aromatic N) is 3. The third-order valence-electron chi connectivity index (χ3n) is 3.83. The number of hydrogen-bond acceptors (Lipinski definition) is 4. The Kier molecular flexibility index (Phi) is 5.00. The van der Waals surface area contributed by atoms with Crippen molar-refractivity contribution in [3.63, 3.8) is 0 Å². The van der Waals surface area contributed by atoms with Crippen LogP contribution in [-0.4, -0.2) is 23.1 Å². The van der Waals surface area contributed by atoms with Crippen molar-refractivity contribution in [1.82, 2.24) is 9.97 Å². The number of anilines is 2. The molecule has 2 N–H and O–H groups in total. The molecule has 1 aliphatic rings. The molecule has 106 valence electrons. The van der Waals surface area contributed by atoms with E-state index >= 15 is 0 Å². The molecule has 0 saturated carbocycles. The molecular formula is C15H26N4. The summed E-state index contributed by atoms with van der Waals surface area (Å²) in [6.07, 6.45) is 8.52. The zero-order valence-electron chi connectivity index (χ0n) is 12.3. The van der Waals surface area contributed by atoms with Gasteiger partial charge in [0.2, 0.25) is 0 Å². The molecule has 0 aromatic carbocycles. The van der Waals surface area contributed by atoms with Crippen LogP contribution in [0.4, 0.5) is 11.6 Å². The highest BCUT2D eigenvalue weighted by atomic mass is 15.2. The largest absolute Gasteiger partial charge is 0.383 e. The van der Waals surface area contributed by atoms with Crippen LogP contribution in [0.2, 0.25) is 0 Å². The van der Waals surface area contributed by atoms with Crippen LogP contribution in [-0.2, 0) is 6.42 Å². The van der Waals surface area contributed by atoms with Gasteiger partial charge in [-0.25, -0.2) is 9.97 Å². The second-order valence-corrected chi connectivity index (χ2v) is 5.48. The van der Waals surface area contributed by atoms with Gasteiger partial charge < -0.3 is 10.6 Å². The fourth-order valence-corrected chi connectivity index (χ4v) is 2.67. The summed E-state index contributed by atoms with van der Waals surface area (Å²) in [5.41, 5.74) is 7.09. The first-order chi connectivity index (χ1) is 9.22. The normalized spacial score (nSPS) is 17.1. The fourth-order valence-electron chi connectivity index (χ4n) is 2.67. The highest BCUT2D eigenvalue weighted by molar-refractivity contribution is 5.56. The zero-order valence-corrected chi connectivity index (χ0v) is 12.3. The predicted molar refractivity (Wildman–Crippen MR) is 80.5 cm³/mol. The van der Waals surface area contributed by atoms with Gasteiger partial charge in [0.15, 0.2) is 0 Å². The Morgan fingerprint density at radius 1 is 1.05 bits per heavy atom. The molecule has 1 aromatic heterocycles. The zero-order chi connectivity index (χ0) is 13.7. The van der Waals surface area contributed by atoms with Crippen molar-refractivity contribution in [2.24, 2.45) is 0 Å². The summed E-state index contributed by atoms with van der Waals surface area (Å²) in [4.78, 5) is 11.6. The maximum atomic E-state index is 6.05. The first-order valence-corrected chi connectivity index (χ1v) is 7.60. The van der Waals surface area contributed by atoms with Crippen LogP contribution >= 0.6 is 0 Å². The number of nitrogen functional groups attached to an aromatic ring is 1. The number of aryl methyl sites for hydroxylation is 1. The lowest BCUT2D eigenvalue weighted by atomic mass is 10.1. The predicted octanol–water partition coefficient (Wildman–Crippen LogP) is 3.09. The molecule has 0 aliphatic carbocycles. The highest BCUT2D eigenvalue weighted by Gasteiger charge is 2.16. The molecule has 0 unspecified atom stereocenters. The molecule has 4 heteroatoms. The number of hydrogen-bond donors (Lipinski definition) is 1. The lowest BCUT2D eigenvalue weighted by Gasteiger charge is -2.27. The van der Waals surface area contributed by atoms with Crippen LogP contribution in [0, 0.1) is 6.92 Å². The highest BCUT2D eigenvalue weighted by Crippen LogP contribution is 2.24. The van der Waals surface area contributed by atoms with E-state index in [1.165, 1.54) is 32.1 Å². The van der Waals surface area contributed by atoms with Gasteiger partial charge >= 0.3 is 0 Å². The van der Waals surface area contributed by atoms with Crippen LogP contribution < -0.4 is 10.6 Å². The molecule has 0 amide bonds. The third-order valence-corrected chi connectivity index (χ3v) is 3.83. The molecule has 2 heterocycles. The number of aromatic nitrogens is 2. The summed E-state index contributed by atoms with van der Waals surface area (Å²) in [6.45, 7) is 6.39. The SMILES string of the molecule is CCCc1nc(N)c(C)c(N2CCCCCCC2)n1. The molecule has 1 saturated heterocycles. The van der Waals surface area contributed by atoms with Crippen molar-refractivity contribution in [1.29, 1.82) is 0 Å². The molecule has 4 nitrogen and oxygen atoms in total. The van der Waals surface area contributed by atoms with Crippen molar-refractivity contribution in [3.05, 3.63) is 11.4 Å². The lowest BCUT2D eigenvalue weighted by Crippen LogP contribution is -2.29. The van der Waals surface area contributed by atoms with Gasteiger partial charge in [-0.1, -0.05) is 26.2 Å². The Hall–Kier alpha value is -1.32. The Morgan fingerprint density at radius 2 is 1.68 bits per heavy atom. The van der Waals surface area contributed by atoms with E-state index in [-0.39, 0.29) is 0 Å². The van der Waals surface area contributed by atoms with Crippen LogP contribution in [0.5, 0.6) is 0 Å². The molecule has 1 fully saturated rings. The minimum atomic E-state index is 0.649.